The Bertz CT molecular complexity index is 3070. The lowest BCUT2D eigenvalue weighted by molar-refractivity contribution is 1.13. The van der Waals surface area contributed by atoms with E-state index in [1.807, 2.05) is 11.3 Å². The predicted molar refractivity (Wildman–Crippen MR) is 219 cm³/mol. The molecule has 0 aliphatic heterocycles. The maximum atomic E-state index is 2.50. The fourth-order valence-corrected chi connectivity index (χ4v) is 9.52. The van der Waals surface area contributed by atoms with Crippen LogP contribution in [-0.4, -0.2) is 9.13 Å². The number of rotatable bonds is 4. The van der Waals surface area contributed by atoms with Crippen LogP contribution in [0.15, 0.2) is 182 Å². The van der Waals surface area contributed by atoms with Gasteiger partial charge in [0.15, 0.2) is 0 Å². The molecule has 11 rings (SSSR count). The molecule has 0 spiro atoms. The zero-order valence-corrected chi connectivity index (χ0v) is 28.4. The van der Waals surface area contributed by atoms with E-state index in [0.29, 0.717) is 0 Å². The average molecular weight is 667 g/mol. The monoisotopic (exact) mass is 666 g/mol. The second-order valence-electron chi connectivity index (χ2n) is 13.3. The highest BCUT2D eigenvalue weighted by atomic mass is 32.1. The zero-order chi connectivity index (χ0) is 33.5. The summed E-state index contributed by atoms with van der Waals surface area (Å²) in [6.07, 6.45) is 0. The first-order chi connectivity index (χ1) is 25.3. The van der Waals surface area contributed by atoms with Gasteiger partial charge in [-0.1, -0.05) is 133 Å². The van der Waals surface area contributed by atoms with Crippen molar-refractivity contribution >= 4 is 75.1 Å². The van der Waals surface area contributed by atoms with Crippen molar-refractivity contribution in [1.29, 1.82) is 0 Å². The molecule has 51 heavy (non-hydrogen) atoms. The number of fused-ring (bicyclic) bond motifs is 10. The van der Waals surface area contributed by atoms with Gasteiger partial charge in [-0.25, -0.2) is 0 Å². The Labute approximate surface area is 298 Å². The Morgan fingerprint density at radius 2 is 0.941 bits per heavy atom. The Hall–Kier alpha value is -6.42. The minimum atomic E-state index is 1.15. The fraction of sp³-hybridized carbons (Fsp3) is 0. The topological polar surface area (TPSA) is 9.86 Å². The van der Waals surface area contributed by atoms with Crippen molar-refractivity contribution in [3.8, 4) is 33.6 Å². The molecule has 238 valence electrons. The summed E-state index contributed by atoms with van der Waals surface area (Å²) in [5, 5.41) is 7.75. The first kappa shape index (κ1) is 28.4. The molecule has 0 saturated heterocycles. The Morgan fingerprint density at radius 1 is 0.353 bits per heavy atom. The molecule has 8 aromatic carbocycles. The molecule has 0 amide bonds. The summed E-state index contributed by atoms with van der Waals surface area (Å²) in [5.41, 5.74) is 12.0. The quantitative estimate of drug-likeness (QED) is 0.177. The van der Waals surface area contributed by atoms with Gasteiger partial charge in [0, 0.05) is 47.4 Å². The van der Waals surface area contributed by atoms with Gasteiger partial charge in [-0.3, -0.25) is 0 Å². The molecule has 0 atom stereocenters. The number of benzene rings is 8. The minimum Gasteiger partial charge on any atom is -0.307 e. The lowest BCUT2D eigenvalue weighted by atomic mass is 9.99. The molecule has 3 heterocycles. The maximum Gasteiger partial charge on any atom is 0.0782 e. The van der Waals surface area contributed by atoms with Gasteiger partial charge >= 0.3 is 0 Å². The molecule has 11 aromatic rings. The van der Waals surface area contributed by atoms with Crippen molar-refractivity contribution in [3.05, 3.63) is 182 Å². The standard InChI is InChI=1S/C48H30N2S/c1-2-12-31(13-3-1)33-14-10-15-34(30-33)32-24-26-35(27-25-32)49-43-29-28-39-38-18-6-9-23-45(38)51-48(39)46(43)40-19-11-22-44(47(40)49)50-41-20-7-4-16-36(41)37-17-5-8-21-42(37)50/h1-30H. The minimum absolute atomic E-state index is 1.15. The second-order valence-corrected chi connectivity index (χ2v) is 14.4. The SMILES string of the molecule is c1ccc(-c2cccc(-c3ccc(-n4c5ccc6c7ccccc7sc6c5c5cccc(-n6c7ccccc7c7ccccc76)c54)cc3)c2)cc1. The van der Waals surface area contributed by atoms with Crippen LogP contribution in [0, 0.1) is 0 Å². The summed E-state index contributed by atoms with van der Waals surface area (Å²) >= 11 is 1.90. The van der Waals surface area contributed by atoms with E-state index in [1.54, 1.807) is 0 Å². The van der Waals surface area contributed by atoms with E-state index in [4.69, 9.17) is 0 Å². The van der Waals surface area contributed by atoms with Crippen molar-refractivity contribution in [2.75, 3.05) is 0 Å². The summed E-state index contributed by atoms with van der Waals surface area (Å²) in [7, 11) is 0. The number of hydrogen-bond acceptors (Lipinski definition) is 1. The van der Waals surface area contributed by atoms with Gasteiger partial charge < -0.3 is 9.13 Å². The molecular formula is C48H30N2S. The number of para-hydroxylation sites is 3. The molecule has 0 radical (unpaired) electrons. The lowest BCUT2D eigenvalue weighted by Crippen LogP contribution is -2.00. The normalized spacial score (nSPS) is 11.9. The van der Waals surface area contributed by atoms with Crippen LogP contribution >= 0.6 is 11.3 Å². The molecule has 0 unspecified atom stereocenters. The molecular weight excluding hydrogens is 637 g/mol. The number of aromatic nitrogens is 2. The first-order valence-corrected chi connectivity index (χ1v) is 18.3. The largest absolute Gasteiger partial charge is 0.307 e. The van der Waals surface area contributed by atoms with Crippen molar-refractivity contribution in [1.82, 2.24) is 9.13 Å². The highest BCUT2D eigenvalue weighted by Gasteiger charge is 2.22. The van der Waals surface area contributed by atoms with Crippen LogP contribution in [0.4, 0.5) is 0 Å². The van der Waals surface area contributed by atoms with Gasteiger partial charge in [0.1, 0.15) is 0 Å². The third-order valence-corrected chi connectivity index (χ3v) is 11.7. The van der Waals surface area contributed by atoms with Crippen LogP contribution in [-0.2, 0) is 0 Å². The Balaban J connectivity index is 1.20. The van der Waals surface area contributed by atoms with Crippen LogP contribution < -0.4 is 0 Å². The molecule has 3 aromatic heterocycles. The van der Waals surface area contributed by atoms with E-state index in [2.05, 4.69) is 191 Å². The van der Waals surface area contributed by atoms with E-state index >= 15 is 0 Å². The van der Waals surface area contributed by atoms with Gasteiger partial charge in [0.05, 0.1) is 27.8 Å². The van der Waals surface area contributed by atoms with Crippen LogP contribution in [0.25, 0.3) is 97.4 Å². The second kappa shape index (κ2) is 11.0. The molecule has 0 aliphatic rings. The van der Waals surface area contributed by atoms with E-state index in [1.165, 1.54) is 91.7 Å². The van der Waals surface area contributed by atoms with Crippen LogP contribution in [0.3, 0.4) is 0 Å². The van der Waals surface area contributed by atoms with Crippen molar-refractivity contribution in [3.63, 3.8) is 0 Å². The van der Waals surface area contributed by atoms with Gasteiger partial charge in [-0.15, -0.1) is 11.3 Å². The molecule has 2 nitrogen and oxygen atoms in total. The molecule has 0 aliphatic carbocycles. The number of hydrogen-bond donors (Lipinski definition) is 0. The highest BCUT2D eigenvalue weighted by Crippen LogP contribution is 2.45. The van der Waals surface area contributed by atoms with Crippen molar-refractivity contribution in [2.45, 2.75) is 0 Å². The fourth-order valence-electron chi connectivity index (χ4n) is 8.26. The van der Waals surface area contributed by atoms with Crippen molar-refractivity contribution in [2.24, 2.45) is 0 Å². The van der Waals surface area contributed by atoms with Gasteiger partial charge in [-0.2, -0.15) is 0 Å². The number of thiophene rings is 1. The lowest BCUT2D eigenvalue weighted by Gasteiger charge is -2.15. The van der Waals surface area contributed by atoms with Gasteiger partial charge in [0.25, 0.3) is 0 Å². The Morgan fingerprint density at radius 3 is 1.69 bits per heavy atom. The van der Waals surface area contributed by atoms with Crippen molar-refractivity contribution < 1.29 is 0 Å². The third kappa shape index (κ3) is 4.22. The molecule has 3 heteroatoms. The van der Waals surface area contributed by atoms with Crippen LogP contribution in [0.2, 0.25) is 0 Å². The van der Waals surface area contributed by atoms with E-state index < -0.39 is 0 Å². The maximum absolute atomic E-state index is 2.50. The summed E-state index contributed by atoms with van der Waals surface area (Å²) < 4.78 is 7.62. The summed E-state index contributed by atoms with van der Waals surface area (Å²) in [6.45, 7) is 0. The smallest absolute Gasteiger partial charge is 0.0782 e. The highest BCUT2D eigenvalue weighted by molar-refractivity contribution is 7.26. The average Bonchev–Trinajstić information content (AvgIpc) is 3.86. The molecule has 0 N–H and O–H groups in total. The Kier molecular flexibility index (Phi) is 6.16. The van der Waals surface area contributed by atoms with E-state index in [-0.39, 0.29) is 0 Å². The predicted octanol–water partition coefficient (Wildman–Crippen LogP) is 13.6. The molecule has 0 fully saturated rings. The van der Waals surface area contributed by atoms with Crippen LogP contribution in [0.5, 0.6) is 0 Å². The molecule has 0 bridgehead atoms. The van der Waals surface area contributed by atoms with Gasteiger partial charge in [0.2, 0.25) is 0 Å². The number of nitrogens with zero attached hydrogens (tertiary/aromatic N) is 2. The van der Waals surface area contributed by atoms with Gasteiger partial charge in [-0.05, 0) is 70.8 Å². The molecule has 0 saturated carbocycles. The van der Waals surface area contributed by atoms with E-state index in [0.717, 1.165) is 5.69 Å². The summed E-state index contributed by atoms with van der Waals surface area (Å²) in [6, 6.07) is 66.5. The van der Waals surface area contributed by atoms with E-state index in [9.17, 15) is 0 Å². The first-order valence-electron chi connectivity index (χ1n) is 17.4. The summed E-state index contributed by atoms with van der Waals surface area (Å²) in [5.74, 6) is 0. The third-order valence-electron chi connectivity index (χ3n) is 10.5. The van der Waals surface area contributed by atoms with Crippen LogP contribution in [0.1, 0.15) is 0 Å². The summed E-state index contributed by atoms with van der Waals surface area (Å²) in [4.78, 5) is 0. The zero-order valence-electron chi connectivity index (χ0n) is 27.6.